The van der Waals surface area contributed by atoms with Gasteiger partial charge in [0.05, 0.1) is 26.2 Å². The fourth-order valence-electron chi connectivity index (χ4n) is 3.37. The lowest BCUT2D eigenvalue weighted by Gasteiger charge is -2.32. The van der Waals surface area contributed by atoms with Gasteiger partial charge in [-0.15, -0.1) is 0 Å². The summed E-state index contributed by atoms with van der Waals surface area (Å²) in [6.07, 6.45) is 0.0753. The monoisotopic (exact) mass is 483 g/mol. The maximum Gasteiger partial charge on any atom is 0.321 e. The van der Waals surface area contributed by atoms with E-state index in [1.807, 2.05) is 0 Å². The molecule has 0 heterocycles. The maximum absolute atomic E-state index is 12.1. The highest BCUT2D eigenvalue weighted by atomic mass is 16.4. The second-order valence-corrected chi connectivity index (χ2v) is 7.58. The molecule has 0 spiro atoms. The molecule has 0 amide bonds. The Labute approximate surface area is 195 Å². The van der Waals surface area contributed by atoms with E-state index < -0.39 is 62.1 Å². The average Bonchev–Trinajstić information content (AvgIpc) is 2.71. The summed E-state index contributed by atoms with van der Waals surface area (Å²) in [4.78, 5) is 60.1. The Bertz CT molecular complexity index is 776. The first kappa shape index (κ1) is 28.5. The summed E-state index contributed by atoms with van der Waals surface area (Å²) in [5.41, 5.74) is 0.709. The standard InChI is InChI=1S/C21H29N3O10/c25-17(26)11-22(12-18(27)28)6-8-24(9-7-23(13-19(29)30)14-20(31)32)16(21(33)34)10-15-4-2-1-3-5-15/h1-5,16H,6-14H2,(H,25,26)(H,27,28)(H,29,30)(H,31,32)(H,33,34)/t16-/m0/s1. The van der Waals surface area contributed by atoms with E-state index in [9.17, 15) is 29.1 Å². The maximum atomic E-state index is 12.1. The molecule has 13 nitrogen and oxygen atoms in total. The molecule has 0 unspecified atom stereocenters. The van der Waals surface area contributed by atoms with Crippen LogP contribution in [-0.4, -0.2) is 128 Å². The van der Waals surface area contributed by atoms with Crippen molar-refractivity contribution in [2.75, 3.05) is 52.4 Å². The zero-order valence-electron chi connectivity index (χ0n) is 18.4. The molecule has 0 aromatic heterocycles. The number of nitrogens with zero attached hydrogens (tertiary/aromatic N) is 3. The molecule has 0 radical (unpaired) electrons. The molecule has 34 heavy (non-hydrogen) atoms. The van der Waals surface area contributed by atoms with Crippen molar-refractivity contribution in [3.63, 3.8) is 0 Å². The van der Waals surface area contributed by atoms with Gasteiger partial charge in [0, 0.05) is 26.2 Å². The first-order valence-electron chi connectivity index (χ1n) is 10.3. The third kappa shape index (κ3) is 11.9. The van der Waals surface area contributed by atoms with E-state index in [-0.39, 0.29) is 32.6 Å². The van der Waals surface area contributed by atoms with E-state index in [2.05, 4.69) is 0 Å². The lowest BCUT2D eigenvalue weighted by molar-refractivity contribution is -0.146. The molecule has 0 saturated carbocycles. The predicted molar refractivity (Wildman–Crippen MR) is 117 cm³/mol. The van der Waals surface area contributed by atoms with Crippen LogP contribution in [-0.2, 0) is 30.4 Å². The number of aliphatic carboxylic acids is 5. The zero-order chi connectivity index (χ0) is 25.7. The van der Waals surface area contributed by atoms with E-state index in [1.54, 1.807) is 30.3 Å². The Hall–Kier alpha value is -3.55. The average molecular weight is 483 g/mol. The van der Waals surface area contributed by atoms with Crippen LogP contribution in [0, 0.1) is 0 Å². The topological polar surface area (TPSA) is 196 Å². The molecule has 5 N–H and O–H groups in total. The number of carbonyl (C=O) groups is 5. The summed E-state index contributed by atoms with van der Waals surface area (Å²) in [6, 6.07) is 7.61. The van der Waals surface area contributed by atoms with E-state index in [1.165, 1.54) is 4.90 Å². The van der Waals surface area contributed by atoms with Gasteiger partial charge in [-0.25, -0.2) is 0 Å². The Kier molecular flexibility index (Phi) is 12.2. The Morgan fingerprint density at radius 1 is 0.618 bits per heavy atom. The fourth-order valence-corrected chi connectivity index (χ4v) is 3.37. The minimum atomic E-state index is -1.25. The SMILES string of the molecule is O=C(O)CN(CCN(CCN(CC(=O)O)CC(=O)O)[C@@H](Cc1ccccc1)C(=O)O)CC(=O)O. The molecule has 188 valence electrons. The van der Waals surface area contributed by atoms with E-state index >= 15 is 0 Å². The summed E-state index contributed by atoms with van der Waals surface area (Å²) in [5.74, 6) is -6.18. The van der Waals surface area contributed by atoms with Crippen molar-refractivity contribution < 1.29 is 49.5 Å². The van der Waals surface area contributed by atoms with Crippen molar-refractivity contribution >= 4 is 29.8 Å². The molecule has 1 atom stereocenters. The highest BCUT2D eigenvalue weighted by molar-refractivity contribution is 5.74. The Morgan fingerprint density at radius 2 is 1.00 bits per heavy atom. The van der Waals surface area contributed by atoms with Gasteiger partial charge in [0.25, 0.3) is 0 Å². The van der Waals surface area contributed by atoms with Crippen molar-refractivity contribution in [1.29, 1.82) is 0 Å². The quantitative estimate of drug-likeness (QED) is 0.169. The Balaban J connectivity index is 3.09. The molecule has 1 rings (SSSR count). The summed E-state index contributed by atoms with van der Waals surface area (Å²) < 4.78 is 0. The number of rotatable bonds is 18. The number of benzene rings is 1. The van der Waals surface area contributed by atoms with Crippen LogP contribution < -0.4 is 0 Å². The van der Waals surface area contributed by atoms with E-state index in [4.69, 9.17) is 20.4 Å². The number of carboxylic acids is 5. The highest BCUT2D eigenvalue weighted by Gasteiger charge is 2.28. The number of carboxylic acid groups (broad SMARTS) is 5. The van der Waals surface area contributed by atoms with Crippen LogP contribution in [0.2, 0.25) is 0 Å². The molecule has 0 aliphatic rings. The second kappa shape index (κ2) is 14.6. The van der Waals surface area contributed by atoms with Gasteiger partial charge >= 0.3 is 29.8 Å². The summed E-state index contributed by atoms with van der Waals surface area (Å²) in [5, 5.41) is 46.0. The first-order chi connectivity index (χ1) is 16.0. The minimum Gasteiger partial charge on any atom is -0.480 e. The van der Waals surface area contributed by atoms with Crippen LogP contribution in [0.5, 0.6) is 0 Å². The molecule has 0 aliphatic carbocycles. The largest absolute Gasteiger partial charge is 0.480 e. The van der Waals surface area contributed by atoms with Crippen molar-refractivity contribution in [3.05, 3.63) is 35.9 Å². The third-order valence-electron chi connectivity index (χ3n) is 4.84. The summed E-state index contributed by atoms with van der Waals surface area (Å²) in [7, 11) is 0. The summed E-state index contributed by atoms with van der Waals surface area (Å²) >= 11 is 0. The van der Waals surface area contributed by atoms with Crippen LogP contribution in [0.1, 0.15) is 5.56 Å². The van der Waals surface area contributed by atoms with Gasteiger partial charge in [0.1, 0.15) is 6.04 Å². The molecule has 0 fully saturated rings. The fraction of sp³-hybridized carbons (Fsp3) is 0.476. The molecule has 0 bridgehead atoms. The molecular weight excluding hydrogens is 454 g/mol. The van der Waals surface area contributed by atoms with Crippen molar-refractivity contribution in [2.45, 2.75) is 12.5 Å². The van der Waals surface area contributed by atoms with Gasteiger partial charge in [0.15, 0.2) is 0 Å². The molecule has 1 aromatic rings. The normalized spacial score (nSPS) is 12.1. The van der Waals surface area contributed by atoms with Gasteiger partial charge in [-0.2, -0.15) is 0 Å². The summed E-state index contributed by atoms with van der Waals surface area (Å²) in [6.45, 7) is -2.54. The van der Waals surface area contributed by atoms with Crippen LogP contribution in [0.4, 0.5) is 0 Å². The van der Waals surface area contributed by atoms with Crippen molar-refractivity contribution in [3.8, 4) is 0 Å². The highest BCUT2D eigenvalue weighted by Crippen LogP contribution is 2.11. The van der Waals surface area contributed by atoms with Crippen molar-refractivity contribution in [1.82, 2.24) is 14.7 Å². The molecule has 0 saturated heterocycles. The molecule has 13 heteroatoms. The molecule has 0 aliphatic heterocycles. The zero-order valence-corrected chi connectivity index (χ0v) is 18.4. The number of hydrogen-bond acceptors (Lipinski definition) is 8. The smallest absolute Gasteiger partial charge is 0.321 e. The van der Waals surface area contributed by atoms with E-state index in [0.29, 0.717) is 5.56 Å². The van der Waals surface area contributed by atoms with Gasteiger partial charge in [0.2, 0.25) is 0 Å². The first-order valence-corrected chi connectivity index (χ1v) is 10.3. The third-order valence-corrected chi connectivity index (χ3v) is 4.84. The van der Waals surface area contributed by atoms with Crippen LogP contribution >= 0.6 is 0 Å². The van der Waals surface area contributed by atoms with Gasteiger partial charge < -0.3 is 25.5 Å². The Morgan fingerprint density at radius 3 is 1.32 bits per heavy atom. The minimum absolute atomic E-state index is 0.0433. The lowest BCUT2D eigenvalue weighted by Crippen LogP contribution is -2.50. The predicted octanol–water partition coefficient (Wildman–Crippen LogP) is -1.07. The van der Waals surface area contributed by atoms with Crippen molar-refractivity contribution in [2.24, 2.45) is 0 Å². The van der Waals surface area contributed by atoms with Crippen LogP contribution in [0.3, 0.4) is 0 Å². The van der Waals surface area contributed by atoms with Gasteiger partial charge in [-0.05, 0) is 12.0 Å². The lowest BCUT2D eigenvalue weighted by atomic mass is 10.0. The second-order valence-electron chi connectivity index (χ2n) is 7.58. The van der Waals surface area contributed by atoms with Gasteiger partial charge in [-0.1, -0.05) is 30.3 Å². The van der Waals surface area contributed by atoms with E-state index in [0.717, 1.165) is 9.80 Å². The molecular formula is C21H29N3O10. The van der Waals surface area contributed by atoms with Crippen LogP contribution in [0.15, 0.2) is 30.3 Å². The van der Waals surface area contributed by atoms with Crippen LogP contribution in [0.25, 0.3) is 0 Å². The number of hydrogen-bond donors (Lipinski definition) is 5. The molecule has 1 aromatic carbocycles. The van der Waals surface area contributed by atoms with Gasteiger partial charge in [-0.3, -0.25) is 38.7 Å².